The quantitative estimate of drug-likeness (QED) is 0.459. The molecule has 0 aromatic heterocycles. The Kier molecular flexibility index (Phi) is 7.43. The molecule has 0 aliphatic carbocycles. The molecule has 1 aromatic carbocycles. The molecule has 126 valence electrons. The van der Waals surface area contributed by atoms with Gasteiger partial charge in [0, 0.05) is 32.6 Å². The van der Waals surface area contributed by atoms with Crippen LogP contribution in [0.5, 0.6) is 0 Å². The average molecular weight is 316 g/mol. The van der Waals surface area contributed by atoms with Gasteiger partial charge in [0.25, 0.3) is 0 Å². The Bertz CT molecular complexity index is 501. The summed E-state index contributed by atoms with van der Waals surface area (Å²) in [4.78, 5) is 18.2. The third-order valence-corrected chi connectivity index (χ3v) is 4.10. The van der Waals surface area contributed by atoms with Gasteiger partial charge in [-0.2, -0.15) is 0 Å². The lowest BCUT2D eigenvalue weighted by Gasteiger charge is -2.19. The fraction of sp³-hybridized carbons (Fsp3) is 0.556. The number of hydrogen-bond donors (Lipinski definition) is 2. The number of nitrogens with two attached hydrogens (primary N) is 1. The van der Waals surface area contributed by atoms with Crippen molar-refractivity contribution in [2.45, 2.75) is 38.5 Å². The number of benzene rings is 1. The number of nitrogens with one attached hydrogen (secondary N) is 1. The van der Waals surface area contributed by atoms with Gasteiger partial charge in [0.1, 0.15) is 0 Å². The van der Waals surface area contributed by atoms with Crippen molar-refractivity contribution in [3.05, 3.63) is 35.9 Å². The van der Waals surface area contributed by atoms with Gasteiger partial charge in [-0.15, -0.1) is 0 Å². The van der Waals surface area contributed by atoms with Crippen LogP contribution in [0.3, 0.4) is 0 Å². The summed E-state index contributed by atoms with van der Waals surface area (Å²) in [6.07, 6.45) is 5.82. The molecule has 1 fully saturated rings. The van der Waals surface area contributed by atoms with Crippen molar-refractivity contribution in [2.24, 2.45) is 10.7 Å². The molecule has 23 heavy (non-hydrogen) atoms. The number of guanidine groups is 1. The van der Waals surface area contributed by atoms with Crippen molar-refractivity contribution < 1.29 is 4.79 Å². The van der Waals surface area contributed by atoms with Crippen molar-refractivity contribution in [3.63, 3.8) is 0 Å². The Labute approximate surface area is 139 Å². The lowest BCUT2D eigenvalue weighted by molar-refractivity contribution is -0.130. The van der Waals surface area contributed by atoms with E-state index in [9.17, 15) is 4.79 Å². The third kappa shape index (κ3) is 6.72. The molecule has 1 aliphatic heterocycles. The van der Waals surface area contributed by atoms with Gasteiger partial charge in [-0.05, 0) is 31.2 Å². The molecule has 5 heteroatoms. The largest absolute Gasteiger partial charge is 0.370 e. The summed E-state index contributed by atoms with van der Waals surface area (Å²) >= 11 is 0. The van der Waals surface area contributed by atoms with Crippen molar-refractivity contribution >= 4 is 11.9 Å². The van der Waals surface area contributed by atoms with Crippen molar-refractivity contribution in [2.75, 3.05) is 26.2 Å². The first-order chi connectivity index (χ1) is 11.3. The number of aliphatic imine (C=N–C) groups is 1. The van der Waals surface area contributed by atoms with E-state index in [1.165, 1.54) is 12.0 Å². The number of nitrogens with zero attached hydrogens (tertiary/aromatic N) is 2. The maximum atomic E-state index is 11.9. The minimum absolute atomic E-state index is 0.292. The second kappa shape index (κ2) is 9.87. The molecule has 3 N–H and O–H groups in total. The van der Waals surface area contributed by atoms with Crippen LogP contribution >= 0.6 is 0 Å². The molecular formula is C18H28N4O. The molecule has 1 heterocycles. The zero-order valence-electron chi connectivity index (χ0n) is 13.8. The Morgan fingerprint density at radius 3 is 2.87 bits per heavy atom. The van der Waals surface area contributed by atoms with Crippen LogP contribution in [0.25, 0.3) is 0 Å². The highest BCUT2D eigenvalue weighted by atomic mass is 16.2. The van der Waals surface area contributed by atoms with Gasteiger partial charge in [0.05, 0.1) is 0 Å². The molecule has 1 saturated heterocycles. The monoisotopic (exact) mass is 316 g/mol. The minimum Gasteiger partial charge on any atom is -0.370 e. The molecule has 0 atom stereocenters. The van der Waals surface area contributed by atoms with Crippen LogP contribution < -0.4 is 11.1 Å². The zero-order valence-corrected chi connectivity index (χ0v) is 13.8. The molecule has 1 aromatic rings. The van der Waals surface area contributed by atoms with Gasteiger partial charge in [-0.25, -0.2) is 0 Å². The average Bonchev–Trinajstić information content (AvgIpc) is 2.77. The molecule has 0 unspecified atom stereocenters. The van der Waals surface area contributed by atoms with E-state index in [1.807, 2.05) is 23.1 Å². The number of amides is 1. The lowest BCUT2D eigenvalue weighted by Crippen LogP contribution is -2.34. The van der Waals surface area contributed by atoms with Crippen LogP contribution in [0.2, 0.25) is 0 Å². The summed E-state index contributed by atoms with van der Waals surface area (Å²) in [5.41, 5.74) is 7.15. The summed E-state index contributed by atoms with van der Waals surface area (Å²) in [5, 5.41) is 3.14. The van der Waals surface area contributed by atoms with Gasteiger partial charge < -0.3 is 16.0 Å². The minimum atomic E-state index is 0.292. The summed E-state index contributed by atoms with van der Waals surface area (Å²) in [6, 6.07) is 10.3. The smallest absolute Gasteiger partial charge is 0.222 e. The van der Waals surface area contributed by atoms with E-state index in [0.717, 1.165) is 45.3 Å². The fourth-order valence-corrected chi connectivity index (χ4v) is 2.77. The molecule has 5 nitrogen and oxygen atoms in total. The number of rotatable bonds is 7. The van der Waals surface area contributed by atoms with E-state index in [-0.39, 0.29) is 0 Å². The van der Waals surface area contributed by atoms with E-state index in [4.69, 9.17) is 5.73 Å². The van der Waals surface area contributed by atoms with Crippen molar-refractivity contribution in [3.8, 4) is 0 Å². The highest BCUT2D eigenvalue weighted by molar-refractivity contribution is 5.77. The van der Waals surface area contributed by atoms with E-state index in [2.05, 4.69) is 22.4 Å². The van der Waals surface area contributed by atoms with Gasteiger partial charge in [-0.1, -0.05) is 36.8 Å². The summed E-state index contributed by atoms with van der Waals surface area (Å²) in [7, 11) is 0. The number of hydrogen-bond acceptors (Lipinski definition) is 2. The SMILES string of the molecule is NC(=NCCCN1CCCCCC1=O)NCCc1ccccc1. The third-order valence-electron chi connectivity index (χ3n) is 4.10. The van der Waals surface area contributed by atoms with E-state index < -0.39 is 0 Å². The molecule has 1 aliphatic rings. The first kappa shape index (κ1) is 17.3. The second-order valence-corrected chi connectivity index (χ2v) is 5.97. The first-order valence-corrected chi connectivity index (χ1v) is 8.61. The van der Waals surface area contributed by atoms with Gasteiger partial charge in [0.15, 0.2) is 5.96 Å². The van der Waals surface area contributed by atoms with Crippen LogP contribution in [0, 0.1) is 0 Å². The fourth-order valence-electron chi connectivity index (χ4n) is 2.77. The Balaban J connectivity index is 1.60. The van der Waals surface area contributed by atoms with Crippen molar-refractivity contribution in [1.82, 2.24) is 10.2 Å². The van der Waals surface area contributed by atoms with Gasteiger partial charge >= 0.3 is 0 Å². The highest BCUT2D eigenvalue weighted by Crippen LogP contribution is 2.11. The van der Waals surface area contributed by atoms with E-state index >= 15 is 0 Å². The molecule has 0 bridgehead atoms. The lowest BCUT2D eigenvalue weighted by atomic mass is 10.1. The zero-order chi connectivity index (χ0) is 16.3. The molecule has 0 spiro atoms. The predicted octanol–water partition coefficient (Wildman–Crippen LogP) is 1.93. The Morgan fingerprint density at radius 1 is 1.22 bits per heavy atom. The highest BCUT2D eigenvalue weighted by Gasteiger charge is 2.15. The molecule has 2 rings (SSSR count). The Morgan fingerprint density at radius 2 is 2.04 bits per heavy atom. The Hall–Kier alpha value is -2.04. The van der Waals surface area contributed by atoms with Crippen LogP contribution in [0.4, 0.5) is 0 Å². The summed E-state index contributed by atoms with van der Waals surface area (Å²) < 4.78 is 0. The molecule has 0 saturated carbocycles. The van der Waals surface area contributed by atoms with E-state index in [0.29, 0.717) is 24.8 Å². The molecule has 1 amide bonds. The van der Waals surface area contributed by atoms with Crippen LogP contribution in [-0.4, -0.2) is 42.9 Å². The van der Waals surface area contributed by atoms with Crippen LogP contribution in [0.1, 0.15) is 37.7 Å². The summed E-state index contributed by atoms with van der Waals surface area (Å²) in [6.45, 7) is 3.13. The molecular weight excluding hydrogens is 288 g/mol. The normalized spacial score (nSPS) is 16.3. The van der Waals surface area contributed by atoms with Gasteiger partial charge in [0.2, 0.25) is 5.91 Å². The first-order valence-electron chi connectivity index (χ1n) is 8.61. The maximum absolute atomic E-state index is 11.9. The summed E-state index contributed by atoms with van der Waals surface area (Å²) in [5.74, 6) is 0.781. The number of carbonyl (C=O) groups excluding carboxylic acids is 1. The number of carbonyl (C=O) groups is 1. The number of likely N-dealkylation sites (tertiary alicyclic amines) is 1. The standard InChI is InChI=1S/C18H28N4O/c19-18(21-13-11-16-8-3-1-4-9-16)20-12-7-15-22-14-6-2-5-10-17(22)23/h1,3-4,8-9H,2,5-7,10-15H2,(H3,19,20,21). The molecule has 0 radical (unpaired) electrons. The topological polar surface area (TPSA) is 70.7 Å². The predicted molar refractivity (Wildman–Crippen MR) is 94.3 cm³/mol. The van der Waals surface area contributed by atoms with E-state index in [1.54, 1.807) is 0 Å². The van der Waals surface area contributed by atoms with Crippen molar-refractivity contribution in [1.29, 1.82) is 0 Å². The van der Waals surface area contributed by atoms with Crippen LogP contribution in [-0.2, 0) is 11.2 Å². The second-order valence-electron chi connectivity index (χ2n) is 5.97. The van der Waals surface area contributed by atoms with Crippen LogP contribution in [0.15, 0.2) is 35.3 Å². The van der Waals surface area contributed by atoms with Gasteiger partial charge in [-0.3, -0.25) is 9.79 Å². The maximum Gasteiger partial charge on any atom is 0.222 e.